The van der Waals surface area contributed by atoms with E-state index in [1.165, 1.54) is 0 Å². The van der Waals surface area contributed by atoms with Gasteiger partial charge in [-0.25, -0.2) is 0 Å². The monoisotopic (exact) mass is 277 g/mol. The van der Waals surface area contributed by atoms with Crippen molar-refractivity contribution >= 4 is 29.1 Å². The van der Waals surface area contributed by atoms with Gasteiger partial charge in [-0.1, -0.05) is 17.7 Å². The van der Waals surface area contributed by atoms with Crippen molar-refractivity contribution in [3.8, 4) is 0 Å². The van der Waals surface area contributed by atoms with Gasteiger partial charge < -0.3 is 4.90 Å². The summed E-state index contributed by atoms with van der Waals surface area (Å²) in [7, 11) is 0. The molecule has 0 saturated heterocycles. The molecule has 5 heteroatoms. The number of carbonyl (C=O) groups excluding carboxylic acids is 3. The molecule has 0 spiro atoms. The van der Waals surface area contributed by atoms with Crippen molar-refractivity contribution in [1.29, 1.82) is 0 Å². The highest BCUT2D eigenvalue weighted by molar-refractivity contribution is 6.32. The first-order chi connectivity index (χ1) is 9.08. The van der Waals surface area contributed by atoms with E-state index in [0.717, 1.165) is 5.56 Å². The van der Waals surface area contributed by atoms with Gasteiger partial charge in [-0.15, -0.1) is 0 Å². The first-order valence-electron chi connectivity index (χ1n) is 6.20. The fourth-order valence-corrected chi connectivity index (χ4v) is 2.99. The number of amides is 1. The Hall–Kier alpha value is -1.68. The summed E-state index contributed by atoms with van der Waals surface area (Å²) < 4.78 is 0. The predicted molar refractivity (Wildman–Crippen MR) is 69.0 cm³/mol. The van der Waals surface area contributed by atoms with Gasteiger partial charge in [-0.05, 0) is 18.6 Å². The van der Waals surface area contributed by atoms with Crippen LogP contribution in [-0.2, 0) is 16.1 Å². The van der Waals surface area contributed by atoms with E-state index in [2.05, 4.69) is 0 Å². The molecule has 0 N–H and O–H groups in total. The lowest BCUT2D eigenvalue weighted by molar-refractivity contribution is -0.133. The minimum Gasteiger partial charge on any atom is -0.324 e. The predicted octanol–water partition coefficient (Wildman–Crippen LogP) is 1.99. The number of ketones is 2. The van der Waals surface area contributed by atoms with E-state index in [0.29, 0.717) is 30.0 Å². The number of nitrogens with zero attached hydrogens (tertiary/aromatic N) is 1. The van der Waals surface area contributed by atoms with E-state index in [-0.39, 0.29) is 23.9 Å². The minimum absolute atomic E-state index is 0.0385. The molecule has 2 aliphatic rings. The molecule has 19 heavy (non-hydrogen) atoms. The second kappa shape index (κ2) is 4.46. The third-order valence-corrected chi connectivity index (χ3v) is 4.11. The zero-order valence-corrected chi connectivity index (χ0v) is 10.9. The lowest BCUT2D eigenvalue weighted by Crippen LogP contribution is -2.44. The molecule has 1 aromatic carbocycles. The standard InChI is InChI=1S/C14H12ClNO3/c15-11-3-1-2-9-10(11)7-16(14(9)19)12-5-4-8(17)6-13(12)18/h1-3,12H,4-7H2. The van der Waals surface area contributed by atoms with Crippen molar-refractivity contribution in [2.24, 2.45) is 0 Å². The van der Waals surface area contributed by atoms with Gasteiger partial charge >= 0.3 is 0 Å². The summed E-state index contributed by atoms with van der Waals surface area (Å²) in [5, 5.41) is 0.549. The molecular formula is C14H12ClNO3. The fourth-order valence-electron chi connectivity index (χ4n) is 2.76. The molecular weight excluding hydrogens is 266 g/mol. The zero-order valence-electron chi connectivity index (χ0n) is 10.2. The van der Waals surface area contributed by atoms with Crippen LogP contribution >= 0.6 is 11.6 Å². The molecule has 0 radical (unpaired) electrons. The number of fused-ring (bicyclic) bond motifs is 1. The van der Waals surface area contributed by atoms with Crippen molar-refractivity contribution < 1.29 is 14.4 Å². The van der Waals surface area contributed by atoms with Crippen LogP contribution in [-0.4, -0.2) is 28.4 Å². The summed E-state index contributed by atoms with van der Waals surface area (Å²) in [5.41, 5.74) is 1.34. The molecule has 98 valence electrons. The van der Waals surface area contributed by atoms with E-state index < -0.39 is 6.04 Å². The summed E-state index contributed by atoms with van der Waals surface area (Å²) in [5.74, 6) is -0.359. The third-order valence-electron chi connectivity index (χ3n) is 3.75. The van der Waals surface area contributed by atoms with Gasteiger partial charge in [0, 0.05) is 29.1 Å². The molecule has 0 bridgehead atoms. The summed E-state index contributed by atoms with van der Waals surface area (Å²) in [6.45, 7) is 0.360. The van der Waals surface area contributed by atoms with Crippen molar-refractivity contribution in [2.75, 3.05) is 0 Å². The van der Waals surface area contributed by atoms with Gasteiger partial charge in [0.25, 0.3) is 5.91 Å². The first-order valence-corrected chi connectivity index (χ1v) is 6.58. The van der Waals surface area contributed by atoms with Gasteiger partial charge in [0.05, 0.1) is 12.5 Å². The Morgan fingerprint density at radius 3 is 2.68 bits per heavy atom. The van der Waals surface area contributed by atoms with E-state index >= 15 is 0 Å². The van der Waals surface area contributed by atoms with E-state index in [9.17, 15) is 14.4 Å². The third kappa shape index (κ3) is 1.96. The highest BCUT2D eigenvalue weighted by atomic mass is 35.5. The molecule has 1 aliphatic carbocycles. The average molecular weight is 278 g/mol. The van der Waals surface area contributed by atoms with Crippen LogP contribution in [0.3, 0.4) is 0 Å². The summed E-state index contributed by atoms with van der Waals surface area (Å²) in [6, 6.07) is 4.72. The Morgan fingerprint density at radius 1 is 1.21 bits per heavy atom. The Morgan fingerprint density at radius 2 is 2.00 bits per heavy atom. The normalized spacial score (nSPS) is 22.9. The van der Waals surface area contributed by atoms with Crippen molar-refractivity contribution in [1.82, 2.24) is 4.90 Å². The van der Waals surface area contributed by atoms with Gasteiger partial charge in [-0.2, -0.15) is 0 Å². The highest BCUT2D eigenvalue weighted by Gasteiger charge is 2.39. The number of rotatable bonds is 1. The van der Waals surface area contributed by atoms with E-state index in [1.54, 1.807) is 23.1 Å². The second-order valence-corrected chi connectivity index (χ2v) is 5.34. The molecule has 1 atom stereocenters. The lowest BCUT2D eigenvalue weighted by Gasteiger charge is -2.29. The Labute approximate surface area is 115 Å². The Kier molecular flexibility index (Phi) is 2.90. The van der Waals surface area contributed by atoms with Crippen LogP contribution in [0.15, 0.2) is 18.2 Å². The van der Waals surface area contributed by atoms with Gasteiger partial charge in [-0.3, -0.25) is 14.4 Å². The van der Waals surface area contributed by atoms with Crippen molar-refractivity contribution in [3.05, 3.63) is 34.3 Å². The van der Waals surface area contributed by atoms with Crippen LogP contribution in [0.1, 0.15) is 35.2 Å². The summed E-state index contributed by atoms with van der Waals surface area (Å²) in [4.78, 5) is 37.0. The number of carbonyl (C=O) groups is 3. The maximum absolute atomic E-state index is 12.3. The molecule has 1 saturated carbocycles. The van der Waals surface area contributed by atoms with E-state index in [1.807, 2.05) is 0 Å². The molecule has 0 aromatic heterocycles. The largest absolute Gasteiger partial charge is 0.324 e. The van der Waals surface area contributed by atoms with Crippen molar-refractivity contribution in [3.63, 3.8) is 0 Å². The molecule has 1 amide bonds. The molecule has 1 unspecified atom stereocenters. The average Bonchev–Trinajstić information content (AvgIpc) is 2.69. The molecule has 1 heterocycles. The van der Waals surface area contributed by atoms with Gasteiger partial charge in [0.15, 0.2) is 5.78 Å². The van der Waals surface area contributed by atoms with Crippen LogP contribution in [0.4, 0.5) is 0 Å². The number of hydrogen-bond donors (Lipinski definition) is 0. The van der Waals surface area contributed by atoms with Crippen LogP contribution in [0.2, 0.25) is 5.02 Å². The van der Waals surface area contributed by atoms with Gasteiger partial charge in [0.1, 0.15) is 5.78 Å². The maximum Gasteiger partial charge on any atom is 0.255 e. The smallest absolute Gasteiger partial charge is 0.255 e. The Balaban J connectivity index is 1.90. The van der Waals surface area contributed by atoms with E-state index in [4.69, 9.17) is 11.6 Å². The lowest BCUT2D eigenvalue weighted by atomic mass is 9.92. The van der Waals surface area contributed by atoms with Crippen LogP contribution in [0.5, 0.6) is 0 Å². The second-order valence-electron chi connectivity index (χ2n) is 4.94. The number of halogens is 1. The maximum atomic E-state index is 12.3. The summed E-state index contributed by atoms with van der Waals surface area (Å²) >= 11 is 6.08. The number of Topliss-reactive ketones (excluding diaryl/α,β-unsaturated/α-hetero) is 2. The number of benzene rings is 1. The van der Waals surface area contributed by atoms with Crippen molar-refractivity contribution in [2.45, 2.75) is 31.8 Å². The quantitative estimate of drug-likeness (QED) is 0.738. The summed E-state index contributed by atoms with van der Waals surface area (Å²) in [6.07, 6.45) is 0.734. The minimum atomic E-state index is -0.478. The zero-order chi connectivity index (χ0) is 13.6. The fraction of sp³-hybridized carbons (Fsp3) is 0.357. The molecule has 1 fully saturated rings. The first kappa shape index (κ1) is 12.4. The molecule has 3 rings (SSSR count). The van der Waals surface area contributed by atoms with Gasteiger partial charge in [0.2, 0.25) is 0 Å². The van der Waals surface area contributed by atoms with Crippen LogP contribution < -0.4 is 0 Å². The topological polar surface area (TPSA) is 54.5 Å². The Bertz CT molecular complexity index is 596. The molecule has 1 aliphatic heterocycles. The number of hydrogen-bond acceptors (Lipinski definition) is 3. The SMILES string of the molecule is O=C1CCC(N2Cc3c(Cl)cccc3C2=O)C(=O)C1. The molecule has 4 nitrogen and oxygen atoms in total. The molecule has 1 aromatic rings. The van der Waals surface area contributed by atoms with Crippen LogP contribution in [0.25, 0.3) is 0 Å². The van der Waals surface area contributed by atoms with Crippen LogP contribution in [0, 0.1) is 0 Å². The highest BCUT2D eigenvalue weighted by Crippen LogP contribution is 2.32.